The van der Waals surface area contributed by atoms with Crippen molar-refractivity contribution >= 4 is 23.4 Å². The number of allylic oxidation sites excluding steroid dienone is 4. The van der Waals surface area contributed by atoms with Crippen LogP contribution in [-0.4, -0.2) is 16.5 Å². The van der Waals surface area contributed by atoms with Crippen LogP contribution in [0.15, 0.2) is 47.3 Å². The Morgan fingerprint density at radius 1 is 1.61 bits per heavy atom. The van der Waals surface area contributed by atoms with Gasteiger partial charge in [-0.05, 0) is 48.8 Å². The van der Waals surface area contributed by atoms with Crippen molar-refractivity contribution in [3.8, 4) is 6.57 Å². The van der Waals surface area contributed by atoms with E-state index in [0.29, 0.717) is 5.25 Å². The molecule has 0 aromatic rings. The SMILES string of the molecule is C#[N+]N1C=CC=C/C1=C(/C)C(CC/C=C/Cl)SC. The van der Waals surface area contributed by atoms with Gasteiger partial charge in [-0.3, -0.25) is 0 Å². The predicted octanol–water partition coefficient (Wildman–Crippen LogP) is 4.79. The Hall–Kier alpha value is -1.11. The van der Waals surface area contributed by atoms with E-state index in [9.17, 15) is 0 Å². The van der Waals surface area contributed by atoms with Crippen molar-refractivity contribution in [2.75, 3.05) is 6.26 Å². The fourth-order valence-electron chi connectivity index (χ4n) is 1.83. The molecule has 0 fully saturated rings. The van der Waals surface area contributed by atoms with E-state index >= 15 is 0 Å². The van der Waals surface area contributed by atoms with Gasteiger partial charge < -0.3 is 0 Å². The molecule has 0 aliphatic carbocycles. The summed E-state index contributed by atoms with van der Waals surface area (Å²) in [6, 6.07) is 0. The molecule has 0 radical (unpaired) electrons. The lowest BCUT2D eigenvalue weighted by molar-refractivity contribution is 0.622. The second-order valence-electron chi connectivity index (χ2n) is 3.89. The van der Waals surface area contributed by atoms with Crippen LogP contribution in [0.4, 0.5) is 0 Å². The highest BCUT2D eigenvalue weighted by molar-refractivity contribution is 7.99. The van der Waals surface area contributed by atoms with Crippen molar-refractivity contribution in [2.24, 2.45) is 0 Å². The van der Waals surface area contributed by atoms with E-state index < -0.39 is 0 Å². The zero-order valence-corrected chi connectivity index (χ0v) is 12.3. The predicted molar refractivity (Wildman–Crippen MR) is 82.7 cm³/mol. The zero-order chi connectivity index (χ0) is 13.4. The molecule has 1 atom stereocenters. The van der Waals surface area contributed by atoms with E-state index in [0.717, 1.165) is 18.5 Å². The third kappa shape index (κ3) is 3.97. The van der Waals surface area contributed by atoms with Crippen LogP contribution in [0.3, 0.4) is 0 Å². The summed E-state index contributed by atoms with van der Waals surface area (Å²) in [5.41, 5.74) is 3.90. The van der Waals surface area contributed by atoms with E-state index in [2.05, 4.69) is 18.1 Å². The molecule has 1 aliphatic heterocycles. The molecule has 0 N–H and O–H groups in total. The highest BCUT2D eigenvalue weighted by Gasteiger charge is 2.20. The minimum Gasteiger partial charge on any atom is -0.157 e. The summed E-state index contributed by atoms with van der Waals surface area (Å²) in [6.07, 6.45) is 13.9. The van der Waals surface area contributed by atoms with Crippen molar-refractivity contribution in [3.05, 3.63) is 52.3 Å². The lowest BCUT2D eigenvalue weighted by Gasteiger charge is -2.18. The van der Waals surface area contributed by atoms with E-state index in [4.69, 9.17) is 18.2 Å². The average Bonchev–Trinajstić information content (AvgIpc) is 2.43. The molecule has 96 valence electrons. The Bertz CT molecular complexity index is 430. The number of halogens is 1. The molecule has 0 saturated carbocycles. The van der Waals surface area contributed by atoms with Gasteiger partial charge in [-0.1, -0.05) is 23.8 Å². The number of thioether (sulfide) groups is 1. The lowest BCUT2D eigenvalue weighted by atomic mass is 10.1. The summed E-state index contributed by atoms with van der Waals surface area (Å²) in [4.78, 5) is 3.76. The number of hydrogen-bond donors (Lipinski definition) is 0. The maximum atomic E-state index is 5.54. The molecule has 4 heteroatoms. The van der Waals surface area contributed by atoms with Gasteiger partial charge in [-0.25, -0.2) is 0 Å². The van der Waals surface area contributed by atoms with Crippen molar-refractivity contribution in [3.63, 3.8) is 0 Å². The van der Waals surface area contributed by atoms with Crippen LogP contribution in [0, 0.1) is 6.57 Å². The third-order valence-electron chi connectivity index (χ3n) is 2.82. The zero-order valence-electron chi connectivity index (χ0n) is 10.7. The van der Waals surface area contributed by atoms with Crippen LogP contribution in [0.25, 0.3) is 4.95 Å². The summed E-state index contributed by atoms with van der Waals surface area (Å²) in [6.45, 7) is 7.52. The molecule has 0 aromatic carbocycles. The number of hydrogen-bond acceptors (Lipinski definition) is 2. The summed E-state index contributed by atoms with van der Waals surface area (Å²) in [5.74, 6) is 0. The number of rotatable bonds is 5. The van der Waals surface area contributed by atoms with Gasteiger partial charge in [0.05, 0.1) is 11.2 Å². The average molecular weight is 282 g/mol. The Morgan fingerprint density at radius 3 is 3.00 bits per heavy atom. The molecular formula is C14H18ClN2S+. The first-order valence-corrected chi connectivity index (χ1v) is 7.50. The third-order valence-corrected chi connectivity index (χ3v) is 4.16. The first kappa shape index (κ1) is 14.9. The fourth-order valence-corrected chi connectivity index (χ4v) is 2.81. The molecule has 1 rings (SSSR count). The van der Waals surface area contributed by atoms with Crippen LogP contribution in [0.5, 0.6) is 0 Å². The first-order valence-electron chi connectivity index (χ1n) is 5.78. The minimum atomic E-state index is 0.438. The molecular weight excluding hydrogens is 264 g/mol. The molecule has 1 aliphatic rings. The van der Waals surface area contributed by atoms with Crippen LogP contribution in [-0.2, 0) is 0 Å². The van der Waals surface area contributed by atoms with E-state index in [-0.39, 0.29) is 0 Å². The molecule has 18 heavy (non-hydrogen) atoms. The van der Waals surface area contributed by atoms with Crippen molar-refractivity contribution in [1.82, 2.24) is 5.01 Å². The molecule has 0 saturated heterocycles. The first-order chi connectivity index (χ1) is 8.74. The largest absolute Gasteiger partial charge is 0.305 e. The Labute approximate surface area is 118 Å². The fraction of sp³-hybridized carbons (Fsp3) is 0.357. The van der Waals surface area contributed by atoms with Crippen LogP contribution in [0.2, 0.25) is 0 Å². The maximum Gasteiger partial charge on any atom is 0.305 e. The Morgan fingerprint density at radius 2 is 2.39 bits per heavy atom. The summed E-state index contributed by atoms with van der Waals surface area (Å²) in [5, 5.41) is 2.14. The van der Waals surface area contributed by atoms with E-state index in [1.165, 1.54) is 5.57 Å². The normalized spacial score (nSPS) is 19.1. The molecule has 1 heterocycles. The molecule has 0 aromatic heterocycles. The molecule has 1 unspecified atom stereocenters. The molecule has 0 bridgehead atoms. The monoisotopic (exact) mass is 281 g/mol. The van der Waals surface area contributed by atoms with Gasteiger partial charge in [0, 0.05) is 10.8 Å². The van der Waals surface area contributed by atoms with Gasteiger partial charge in [0.25, 0.3) is 0 Å². The smallest absolute Gasteiger partial charge is 0.157 e. The quantitative estimate of drug-likeness (QED) is 0.716. The highest BCUT2D eigenvalue weighted by atomic mass is 35.5. The van der Waals surface area contributed by atoms with Crippen molar-refractivity contribution in [2.45, 2.75) is 25.0 Å². The summed E-state index contributed by atoms with van der Waals surface area (Å²) in [7, 11) is 0. The highest BCUT2D eigenvalue weighted by Crippen LogP contribution is 2.28. The summed E-state index contributed by atoms with van der Waals surface area (Å²) >= 11 is 7.38. The van der Waals surface area contributed by atoms with Gasteiger partial charge in [0.1, 0.15) is 5.70 Å². The van der Waals surface area contributed by atoms with Crippen LogP contribution < -0.4 is 0 Å². The van der Waals surface area contributed by atoms with Gasteiger partial charge >= 0.3 is 6.57 Å². The van der Waals surface area contributed by atoms with Crippen molar-refractivity contribution in [1.29, 1.82) is 0 Å². The topological polar surface area (TPSA) is 7.60 Å². The molecule has 2 nitrogen and oxygen atoms in total. The van der Waals surface area contributed by atoms with Gasteiger partial charge in [-0.15, -0.1) is 0 Å². The maximum absolute atomic E-state index is 5.54. The van der Waals surface area contributed by atoms with Gasteiger partial charge in [-0.2, -0.15) is 11.8 Å². The van der Waals surface area contributed by atoms with Crippen LogP contribution >= 0.6 is 23.4 Å². The van der Waals surface area contributed by atoms with E-state index in [1.807, 2.05) is 42.3 Å². The standard InChI is InChI=1S/C14H18ClN2S/c1-12(14(18-3)9-4-6-10-15)13-8-5-7-11-17(13)16-2/h2,5-8,10-11,14H,4,9H2,1,3H3/q+1/b10-6+,13-12+. The van der Waals surface area contributed by atoms with Crippen LogP contribution in [0.1, 0.15) is 19.8 Å². The Balaban J connectivity index is 2.86. The van der Waals surface area contributed by atoms with Gasteiger partial charge in [0.15, 0.2) is 0 Å². The lowest BCUT2D eigenvalue weighted by Crippen LogP contribution is -2.15. The minimum absolute atomic E-state index is 0.438. The van der Waals surface area contributed by atoms with Crippen molar-refractivity contribution < 1.29 is 0 Å². The van der Waals surface area contributed by atoms with Gasteiger partial charge in [0.2, 0.25) is 0 Å². The molecule has 0 spiro atoms. The molecule has 0 amide bonds. The number of nitrogens with zero attached hydrogens (tertiary/aromatic N) is 2. The second-order valence-corrected chi connectivity index (χ2v) is 5.18. The Kier molecular flexibility index (Phi) is 6.70. The summed E-state index contributed by atoms with van der Waals surface area (Å²) < 4.78 is 0. The second kappa shape index (κ2) is 8.07. The van der Waals surface area contributed by atoms with E-state index in [1.54, 1.807) is 10.5 Å².